The van der Waals surface area contributed by atoms with Gasteiger partial charge in [-0.2, -0.15) is 5.26 Å². The highest BCUT2D eigenvalue weighted by Gasteiger charge is 2.29. The molecule has 0 bridgehead atoms. The van der Waals surface area contributed by atoms with Gasteiger partial charge in [-0.15, -0.1) is 0 Å². The molecule has 2 unspecified atom stereocenters. The third-order valence-electron chi connectivity index (χ3n) is 5.56. The minimum atomic E-state index is -0.937. The first kappa shape index (κ1) is 24.0. The average molecular weight is 496 g/mol. The monoisotopic (exact) mass is 495 g/mol. The summed E-state index contributed by atoms with van der Waals surface area (Å²) in [6.07, 6.45) is 2.58. The quantitative estimate of drug-likeness (QED) is 0.362. The molecular weight excluding hydrogens is 474 g/mol. The molecule has 2 aromatic heterocycles. The number of halogens is 1. The van der Waals surface area contributed by atoms with Gasteiger partial charge in [0.15, 0.2) is 5.76 Å². The van der Waals surface area contributed by atoms with Crippen molar-refractivity contribution in [3.63, 3.8) is 0 Å². The summed E-state index contributed by atoms with van der Waals surface area (Å²) in [4.78, 5) is 28.3. The predicted octanol–water partition coefficient (Wildman–Crippen LogP) is 5.24. The number of rotatable bonds is 9. The van der Waals surface area contributed by atoms with E-state index in [0.29, 0.717) is 34.3 Å². The van der Waals surface area contributed by atoms with E-state index in [9.17, 15) is 20.0 Å². The van der Waals surface area contributed by atoms with Crippen molar-refractivity contribution in [2.75, 3.05) is 10.6 Å². The minimum Gasteiger partial charge on any atom is -0.480 e. The Bertz CT molecular complexity index is 1270. The van der Waals surface area contributed by atoms with Crippen LogP contribution in [-0.2, 0) is 9.53 Å². The lowest BCUT2D eigenvalue weighted by Crippen LogP contribution is -2.30. The fourth-order valence-electron chi connectivity index (χ4n) is 3.54. The van der Waals surface area contributed by atoms with Crippen LogP contribution < -0.4 is 10.6 Å². The van der Waals surface area contributed by atoms with Gasteiger partial charge in [-0.05, 0) is 37.5 Å². The number of nitrogens with one attached hydrogen (secondary N) is 2. The van der Waals surface area contributed by atoms with Crippen LogP contribution in [0.15, 0.2) is 47.1 Å². The lowest BCUT2D eigenvalue weighted by atomic mass is 10.1. The van der Waals surface area contributed by atoms with Gasteiger partial charge in [-0.3, -0.25) is 5.32 Å². The molecule has 2 atom stereocenters. The van der Waals surface area contributed by atoms with Crippen LogP contribution in [0.3, 0.4) is 0 Å². The molecule has 1 saturated carbocycles. The third-order valence-corrected chi connectivity index (χ3v) is 5.91. The summed E-state index contributed by atoms with van der Waals surface area (Å²) >= 11 is 6.16. The summed E-state index contributed by atoms with van der Waals surface area (Å²) in [5, 5.41) is 28.4. The molecule has 1 aliphatic rings. The number of hydrogen-bond acceptors (Lipinski definition) is 8. The van der Waals surface area contributed by atoms with Crippen LogP contribution in [0.1, 0.15) is 43.5 Å². The van der Waals surface area contributed by atoms with Crippen molar-refractivity contribution < 1.29 is 24.0 Å². The number of benzene rings is 1. The lowest BCUT2D eigenvalue weighted by Gasteiger charge is -2.15. The van der Waals surface area contributed by atoms with E-state index in [1.807, 2.05) is 6.07 Å². The third kappa shape index (κ3) is 5.88. The number of aromatic nitrogens is 2. The zero-order valence-electron chi connectivity index (χ0n) is 18.7. The van der Waals surface area contributed by atoms with Crippen molar-refractivity contribution in [1.29, 1.82) is 5.26 Å². The van der Waals surface area contributed by atoms with Crippen LogP contribution in [0.5, 0.6) is 0 Å². The van der Waals surface area contributed by atoms with Crippen LogP contribution in [0.4, 0.5) is 16.3 Å². The van der Waals surface area contributed by atoms with E-state index < -0.39 is 24.2 Å². The summed E-state index contributed by atoms with van der Waals surface area (Å²) in [5.74, 6) is -0.0248. The molecule has 0 radical (unpaired) electrons. The van der Waals surface area contributed by atoms with E-state index in [-0.39, 0.29) is 17.1 Å². The molecule has 3 aromatic rings. The Morgan fingerprint density at radius 2 is 2.09 bits per heavy atom. The van der Waals surface area contributed by atoms with Crippen LogP contribution >= 0.6 is 11.6 Å². The molecule has 0 aliphatic heterocycles. The molecule has 180 valence electrons. The Kier molecular flexibility index (Phi) is 7.17. The molecule has 1 aliphatic carbocycles. The summed E-state index contributed by atoms with van der Waals surface area (Å²) in [6, 6.07) is 11.3. The Hall–Kier alpha value is -4.10. The number of carbonyl (C=O) groups is 2. The molecule has 3 N–H and O–H groups in total. The van der Waals surface area contributed by atoms with E-state index in [2.05, 4.69) is 20.8 Å². The maximum absolute atomic E-state index is 12.6. The number of nitrogens with zero attached hydrogens (tertiary/aromatic N) is 3. The number of ether oxygens (including phenoxy) is 1. The summed E-state index contributed by atoms with van der Waals surface area (Å²) in [6.45, 7) is 1.67. The molecule has 35 heavy (non-hydrogen) atoms. The SMILES string of the molecule is CC(OC(=O)Nc1c(C#N)noc1-c1ccc(NC(CC2CC2)C(=O)O)nc1)c1ccccc1Cl. The van der Waals surface area contributed by atoms with Gasteiger partial charge >= 0.3 is 12.1 Å². The standard InChI is InChI=1S/C24H22ClN5O5/c1-13(16-4-2-3-5-17(16)25)34-24(33)29-21-19(11-26)30-35-22(21)15-8-9-20(27-12-15)28-18(23(31)32)10-14-6-7-14/h2-5,8-9,12-14,18H,6-7,10H2,1H3,(H,27,28)(H,29,33)(H,31,32). The first-order valence-electron chi connectivity index (χ1n) is 10.9. The Morgan fingerprint density at radius 1 is 1.31 bits per heavy atom. The molecule has 0 spiro atoms. The van der Waals surface area contributed by atoms with Crippen LogP contribution in [-0.4, -0.2) is 33.4 Å². The molecule has 1 fully saturated rings. The molecule has 1 aromatic carbocycles. The second-order valence-electron chi connectivity index (χ2n) is 8.19. The van der Waals surface area contributed by atoms with E-state index in [0.717, 1.165) is 12.8 Å². The maximum atomic E-state index is 12.6. The van der Waals surface area contributed by atoms with Crippen molar-refractivity contribution in [2.45, 2.75) is 38.3 Å². The number of hydrogen-bond donors (Lipinski definition) is 3. The first-order valence-corrected chi connectivity index (χ1v) is 11.3. The fourth-order valence-corrected chi connectivity index (χ4v) is 3.83. The van der Waals surface area contributed by atoms with Crippen LogP contribution in [0.2, 0.25) is 5.02 Å². The average Bonchev–Trinajstić information content (AvgIpc) is 3.57. The Balaban J connectivity index is 1.48. The van der Waals surface area contributed by atoms with Crippen LogP contribution in [0, 0.1) is 17.2 Å². The van der Waals surface area contributed by atoms with Gasteiger partial charge in [0.25, 0.3) is 0 Å². The van der Waals surface area contributed by atoms with E-state index in [1.165, 1.54) is 6.20 Å². The summed E-state index contributed by atoms with van der Waals surface area (Å²) < 4.78 is 10.7. The predicted molar refractivity (Wildman–Crippen MR) is 127 cm³/mol. The highest BCUT2D eigenvalue weighted by Crippen LogP contribution is 2.35. The van der Waals surface area contributed by atoms with Crippen molar-refractivity contribution in [3.8, 4) is 17.4 Å². The normalized spacial score (nSPS) is 14.4. The zero-order chi connectivity index (χ0) is 24.9. The van der Waals surface area contributed by atoms with E-state index >= 15 is 0 Å². The van der Waals surface area contributed by atoms with Gasteiger partial charge in [0.2, 0.25) is 5.69 Å². The second kappa shape index (κ2) is 10.4. The molecule has 4 rings (SSSR count). The van der Waals surface area contributed by atoms with Gasteiger partial charge < -0.3 is 19.7 Å². The molecule has 10 nitrogen and oxygen atoms in total. The van der Waals surface area contributed by atoms with Crippen molar-refractivity contribution in [2.24, 2.45) is 5.92 Å². The van der Waals surface area contributed by atoms with Crippen molar-refractivity contribution in [3.05, 3.63) is 58.9 Å². The highest BCUT2D eigenvalue weighted by atomic mass is 35.5. The van der Waals surface area contributed by atoms with Gasteiger partial charge in [0, 0.05) is 22.3 Å². The molecule has 1 amide bonds. The number of carboxylic acids is 1. The molecule has 11 heteroatoms. The van der Waals surface area contributed by atoms with E-state index in [4.69, 9.17) is 20.9 Å². The first-order chi connectivity index (χ1) is 16.9. The number of pyridine rings is 1. The van der Waals surface area contributed by atoms with Crippen molar-refractivity contribution >= 4 is 35.2 Å². The second-order valence-corrected chi connectivity index (χ2v) is 8.59. The summed E-state index contributed by atoms with van der Waals surface area (Å²) in [5.41, 5.74) is 0.945. The van der Waals surface area contributed by atoms with Gasteiger partial charge in [0.05, 0.1) is 0 Å². The number of carbonyl (C=O) groups excluding carboxylic acids is 1. The summed E-state index contributed by atoms with van der Waals surface area (Å²) in [7, 11) is 0. The number of nitriles is 1. The van der Waals surface area contributed by atoms with E-state index in [1.54, 1.807) is 43.3 Å². The van der Waals surface area contributed by atoms with Gasteiger partial charge in [0.1, 0.15) is 29.7 Å². The highest BCUT2D eigenvalue weighted by molar-refractivity contribution is 6.31. The molecular formula is C24H22ClN5O5. The van der Waals surface area contributed by atoms with Crippen molar-refractivity contribution in [1.82, 2.24) is 10.1 Å². The van der Waals surface area contributed by atoms with Gasteiger partial charge in [-0.25, -0.2) is 14.6 Å². The van der Waals surface area contributed by atoms with Crippen LogP contribution in [0.25, 0.3) is 11.3 Å². The van der Waals surface area contributed by atoms with Gasteiger partial charge in [-0.1, -0.05) is 47.8 Å². The largest absolute Gasteiger partial charge is 0.480 e. The lowest BCUT2D eigenvalue weighted by molar-refractivity contribution is -0.138. The number of carboxylic acid groups (broad SMARTS) is 1. The Labute approximate surface area is 205 Å². The number of anilines is 2. The number of aliphatic carboxylic acids is 1. The number of amides is 1. The zero-order valence-corrected chi connectivity index (χ0v) is 19.5. The minimum absolute atomic E-state index is 0.0310. The fraction of sp³-hybridized carbons (Fsp3) is 0.292. The molecule has 2 heterocycles. The molecule has 0 saturated heterocycles. The Morgan fingerprint density at radius 3 is 2.71 bits per heavy atom. The maximum Gasteiger partial charge on any atom is 0.412 e. The smallest absolute Gasteiger partial charge is 0.412 e. The topological polar surface area (TPSA) is 150 Å².